The van der Waals surface area contributed by atoms with E-state index in [0.29, 0.717) is 0 Å². The summed E-state index contributed by atoms with van der Waals surface area (Å²) in [6.45, 7) is 8.13. The molecule has 0 radical (unpaired) electrons. The number of rotatable bonds is 4. The summed E-state index contributed by atoms with van der Waals surface area (Å²) in [5.41, 5.74) is 5.74. The van der Waals surface area contributed by atoms with Gasteiger partial charge in [-0.05, 0) is 74.7 Å². The summed E-state index contributed by atoms with van der Waals surface area (Å²) in [5, 5.41) is 8.64. The van der Waals surface area contributed by atoms with E-state index in [1.54, 1.807) is 4.68 Å². The number of pyridine rings is 1. The zero-order chi connectivity index (χ0) is 19.8. The fraction of sp³-hybridized carbons (Fsp3) is 0.227. The SMILES string of the molecule is Cc1cc(C)cc(NC(=O)Cn2nc(-n3cccc3)c3c(C)cc(C)nc32)c1. The lowest BCUT2D eigenvalue weighted by Crippen LogP contribution is -2.20. The van der Waals surface area contributed by atoms with Crippen molar-refractivity contribution in [2.24, 2.45) is 0 Å². The number of nitrogens with zero attached hydrogens (tertiary/aromatic N) is 4. The number of amides is 1. The number of anilines is 1. The average Bonchev–Trinajstić information content (AvgIpc) is 3.22. The molecule has 0 spiro atoms. The van der Waals surface area contributed by atoms with Gasteiger partial charge in [0, 0.05) is 23.8 Å². The highest BCUT2D eigenvalue weighted by atomic mass is 16.2. The lowest BCUT2D eigenvalue weighted by molar-refractivity contribution is -0.116. The minimum Gasteiger partial charge on any atom is -0.324 e. The smallest absolute Gasteiger partial charge is 0.246 e. The molecule has 28 heavy (non-hydrogen) atoms. The first kappa shape index (κ1) is 18.0. The van der Waals surface area contributed by atoms with Gasteiger partial charge in [-0.15, -0.1) is 0 Å². The van der Waals surface area contributed by atoms with Crippen molar-refractivity contribution in [1.82, 2.24) is 19.3 Å². The van der Waals surface area contributed by atoms with Crippen LogP contribution in [-0.2, 0) is 11.3 Å². The maximum absolute atomic E-state index is 12.7. The first-order valence-electron chi connectivity index (χ1n) is 9.27. The number of nitrogens with one attached hydrogen (secondary N) is 1. The Bertz CT molecular complexity index is 1150. The summed E-state index contributed by atoms with van der Waals surface area (Å²) in [5.74, 6) is 0.651. The largest absolute Gasteiger partial charge is 0.324 e. The lowest BCUT2D eigenvalue weighted by atomic mass is 10.1. The molecular formula is C22H23N5O. The maximum Gasteiger partial charge on any atom is 0.246 e. The van der Waals surface area contributed by atoms with Gasteiger partial charge in [-0.2, -0.15) is 5.10 Å². The summed E-state index contributed by atoms with van der Waals surface area (Å²) in [4.78, 5) is 17.4. The third-order valence-corrected chi connectivity index (χ3v) is 4.66. The summed E-state index contributed by atoms with van der Waals surface area (Å²) >= 11 is 0. The predicted molar refractivity (Wildman–Crippen MR) is 111 cm³/mol. The van der Waals surface area contributed by atoms with E-state index in [9.17, 15) is 4.79 Å². The summed E-state index contributed by atoms with van der Waals surface area (Å²) in [6.07, 6.45) is 3.89. The monoisotopic (exact) mass is 373 g/mol. The Labute approximate surface area is 163 Å². The van der Waals surface area contributed by atoms with Gasteiger partial charge in [0.05, 0.1) is 5.39 Å². The van der Waals surface area contributed by atoms with E-state index in [0.717, 1.165) is 44.9 Å². The Morgan fingerprint density at radius 1 is 1.00 bits per heavy atom. The van der Waals surface area contributed by atoms with Crippen molar-refractivity contribution < 1.29 is 4.79 Å². The number of hydrogen-bond donors (Lipinski definition) is 1. The molecule has 0 fully saturated rings. The molecule has 3 aromatic heterocycles. The van der Waals surface area contributed by atoms with Crippen LogP contribution in [0.15, 0.2) is 48.8 Å². The standard InChI is InChI=1S/C22H23N5O/c1-14-9-15(2)11-18(10-14)24-19(28)13-27-21-20(16(3)12-17(4)23-21)22(25-27)26-7-5-6-8-26/h5-12H,13H2,1-4H3,(H,24,28). The second-order valence-corrected chi connectivity index (χ2v) is 7.28. The number of aromatic nitrogens is 4. The normalized spacial score (nSPS) is 11.1. The molecule has 0 unspecified atom stereocenters. The van der Waals surface area contributed by atoms with E-state index in [1.807, 2.05) is 75.0 Å². The van der Waals surface area contributed by atoms with Crippen LogP contribution in [-0.4, -0.2) is 25.2 Å². The van der Waals surface area contributed by atoms with Gasteiger partial charge in [0.15, 0.2) is 11.5 Å². The molecule has 4 rings (SSSR count). The fourth-order valence-electron chi connectivity index (χ4n) is 3.64. The van der Waals surface area contributed by atoms with Gasteiger partial charge in [-0.3, -0.25) is 4.79 Å². The number of fused-ring (bicyclic) bond motifs is 1. The van der Waals surface area contributed by atoms with Crippen LogP contribution in [0.2, 0.25) is 0 Å². The van der Waals surface area contributed by atoms with Gasteiger partial charge in [0.2, 0.25) is 5.91 Å². The third kappa shape index (κ3) is 3.41. The van der Waals surface area contributed by atoms with E-state index in [2.05, 4.69) is 16.4 Å². The van der Waals surface area contributed by atoms with E-state index in [4.69, 9.17) is 5.10 Å². The molecule has 6 heteroatoms. The average molecular weight is 373 g/mol. The van der Waals surface area contributed by atoms with Crippen LogP contribution in [0.5, 0.6) is 0 Å². The molecule has 6 nitrogen and oxygen atoms in total. The van der Waals surface area contributed by atoms with Crippen LogP contribution in [0.3, 0.4) is 0 Å². The molecule has 1 N–H and O–H groups in total. The first-order valence-corrected chi connectivity index (χ1v) is 9.27. The van der Waals surface area contributed by atoms with Gasteiger partial charge in [0.1, 0.15) is 6.54 Å². The highest BCUT2D eigenvalue weighted by molar-refractivity contribution is 5.93. The number of aryl methyl sites for hydroxylation is 4. The predicted octanol–water partition coefficient (Wildman–Crippen LogP) is 4.09. The Balaban J connectivity index is 1.71. The highest BCUT2D eigenvalue weighted by Crippen LogP contribution is 2.25. The molecule has 0 saturated heterocycles. The topological polar surface area (TPSA) is 64.7 Å². The first-order chi connectivity index (χ1) is 13.4. The lowest BCUT2D eigenvalue weighted by Gasteiger charge is -2.08. The van der Waals surface area contributed by atoms with Crippen LogP contribution >= 0.6 is 0 Å². The molecule has 142 valence electrons. The minimum atomic E-state index is -0.130. The van der Waals surface area contributed by atoms with Gasteiger partial charge in [0.25, 0.3) is 0 Å². The molecule has 1 aromatic carbocycles. The molecule has 3 heterocycles. The van der Waals surface area contributed by atoms with Gasteiger partial charge in [-0.1, -0.05) is 6.07 Å². The molecule has 0 aliphatic heterocycles. The number of carbonyl (C=O) groups excluding carboxylic acids is 1. The number of carbonyl (C=O) groups is 1. The highest BCUT2D eigenvalue weighted by Gasteiger charge is 2.18. The molecule has 0 bridgehead atoms. The number of benzene rings is 1. The van der Waals surface area contributed by atoms with Crippen molar-refractivity contribution in [3.05, 3.63) is 71.2 Å². The van der Waals surface area contributed by atoms with Crippen molar-refractivity contribution in [1.29, 1.82) is 0 Å². The van der Waals surface area contributed by atoms with Crippen molar-refractivity contribution in [3.8, 4) is 5.82 Å². The van der Waals surface area contributed by atoms with Crippen molar-refractivity contribution in [2.75, 3.05) is 5.32 Å². The maximum atomic E-state index is 12.7. The van der Waals surface area contributed by atoms with Gasteiger partial charge in [-0.25, -0.2) is 9.67 Å². The summed E-state index contributed by atoms with van der Waals surface area (Å²) < 4.78 is 3.63. The van der Waals surface area contributed by atoms with Crippen molar-refractivity contribution in [3.63, 3.8) is 0 Å². The molecule has 0 aliphatic rings. The van der Waals surface area contributed by atoms with E-state index in [-0.39, 0.29) is 12.5 Å². The minimum absolute atomic E-state index is 0.0979. The van der Waals surface area contributed by atoms with Crippen LogP contribution in [0, 0.1) is 27.7 Å². The Morgan fingerprint density at radius 3 is 2.36 bits per heavy atom. The van der Waals surface area contributed by atoms with Crippen LogP contribution in [0.1, 0.15) is 22.4 Å². The van der Waals surface area contributed by atoms with Crippen molar-refractivity contribution in [2.45, 2.75) is 34.2 Å². The molecule has 4 aromatic rings. The van der Waals surface area contributed by atoms with E-state index < -0.39 is 0 Å². The molecular weight excluding hydrogens is 350 g/mol. The summed E-state index contributed by atoms with van der Waals surface area (Å²) in [6, 6.07) is 11.9. The van der Waals surface area contributed by atoms with Gasteiger partial charge < -0.3 is 9.88 Å². The molecule has 0 saturated carbocycles. The third-order valence-electron chi connectivity index (χ3n) is 4.66. The summed E-state index contributed by atoms with van der Waals surface area (Å²) in [7, 11) is 0. The van der Waals surface area contributed by atoms with Crippen LogP contribution < -0.4 is 5.32 Å². The fourth-order valence-corrected chi connectivity index (χ4v) is 3.64. The zero-order valence-corrected chi connectivity index (χ0v) is 16.5. The Kier molecular flexibility index (Phi) is 4.47. The molecule has 0 aliphatic carbocycles. The van der Waals surface area contributed by atoms with Gasteiger partial charge >= 0.3 is 0 Å². The molecule has 1 amide bonds. The Hall–Kier alpha value is -3.41. The van der Waals surface area contributed by atoms with Crippen LogP contribution in [0.4, 0.5) is 5.69 Å². The van der Waals surface area contributed by atoms with Crippen molar-refractivity contribution >= 4 is 22.6 Å². The second kappa shape index (κ2) is 6.96. The Morgan fingerprint density at radius 2 is 1.68 bits per heavy atom. The van der Waals surface area contributed by atoms with E-state index >= 15 is 0 Å². The van der Waals surface area contributed by atoms with Crippen LogP contribution in [0.25, 0.3) is 16.9 Å². The quantitative estimate of drug-likeness (QED) is 0.586. The number of hydrogen-bond acceptors (Lipinski definition) is 3. The zero-order valence-electron chi connectivity index (χ0n) is 16.5. The second-order valence-electron chi connectivity index (χ2n) is 7.28. The molecule has 0 atom stereocenters. The van der Waals surface area contributed by atoms with E-state index in [1.165, 1.54) is 0 Å².